The van der Waals surface area contributed by atoms with Crippen LogP contribution in [0.1, 0.15) is 24.7 Å². The van der Waals surface area contributed by atoms with Crippen LogP contribution in [0.5, 0.6) is 0 Å². The lowest BCUT2D eigenvalue weighted by atomic mass is 10.0. The van der Waals surface area contributed by atoms with Crippen molar-refractivity contribution in [2.75, 3.05) is 19.8 Å². The molecule has 0 amide bonds. The molecule has 1 aliphatic heterocycles. The monoisotopic (exact) mass is 317 g/mol. The van der Waals surface area contributed by atoms with Crippen LogP contribution in [-0.4, -0.2) is 49.2 Å². The fourth-order valence-electron chi connectivity index (χ4n) is 2.73. The summed E-state index contributed by atoms with van der Waals surface area (Å²) in [7, 11) is -3.63. The third-order valence-electron chi connectivity index (χ3n) is 3.91. The molecule has 0 aliphatic carbocycles. The number of ether oxygens (including phenoxy) is 1. The molecular weight excluding hydrogens is 294 g/mol. The zero-order valence-corrected chi connectivity index (χ0v) is 13.5. The molecule has 21 heavy (non-hydrogen) atoms. The SMILES string of the molecule is Cc1nn(CCO)c(C)c1S(=O)(=O)NC(C)C1CCOC1. The van der Waals surface area contributed by atoms with Crippen molar-refractivity contribution in [1.29, 1.82) is 0 Å². The number of nitrogens with zero attached hydrogens (tertiary/aromatic N) is 2. The molecule has 0 bridgehead atoms. The molecule has 1 fully saturated rings. The van der Waals surface area contributed by atoms with Crippen LogP contribution in [0.3, 0.4) is 0 Å². The zero-order valence-electron chi connectivity index (χ0n) is 12.7. The molecule has 8 heteroatoms. The van der Waals surface area contributed by atoms with Gasteiger partial charge in [0.25, 0.3) is 0 Å². The summed E-state index contributed by atoms with van der Waals surface area (Å²) in [6, 6.07) is -0.183. The summed E-state index contributed by atoms with van der Waals surface area (Å²) >= 11 is 0. The number of hydrogen-bond acceptors (Lipinski definition) is 5. The van der Waals surface area contributed by atoms with E-state index in [0.29, 0.717) is 24.6 Å². The van der Waals surface area contributed by atoms with Gasteiger partial charge in [-0.3, -0.25) is 4.68 Å². The summed E-state index contributed by atoms with van der Waals surface area (Å²) in [6.45, 7) is 6.71. The second kappa shape index (κ2) is 6.43. The van der Waals surface area contributed by atoms with Crippen LogP contribution in [-0.2, 0) is 21.3 Å². The maximum atomic E-state index is 12.6. The Morgan fingerprint density at radius 1 is 1.52 bits per heavy atom. The first-order chi connectivity index (χ1) is 9.86. The van der Waals surface area contributed by atoms with E-state index in [9.17, 15) is 8.42 Å². The normalized spacial score (nSPS) is 20.9. The molecule has 0 aromatic carbocycles. The van der Waals surface area contributed by atoms with Crippen molar-refractivity contribution in [2.45, 2.75) is 44.7 Å². The van der Waals surface area contributed by atoms with E-state index in [1.165, 1.54) is 4.68 Å². The summed E-state index contributed by atoms with van der Waals surface area (Å²) in [4.78, 5) is 0.210. The van der Waals surface area contributed by atoms with Gasteiger partial charge in [0.1, 0.15) is 4.90 Å². The molecule has 1 aromatic heterocycles. The molecule has 2 atom stereocenters. The van der Waals surface area contributed by atoms with E-state index in [-0.39, 0.29) is 30.0 Å². The first-order valence-electron chi connectivity index (χ1n) is 7.11. The lowest BCUT2D eigenvalue weighted by Crippen LogP contribution is -2.38. The summed E-state index contributed by atoms with van der Waals surface area (Å²) < 4.78 is 34.7. The van der Waals surface area contributed by atoms with Gasteiger partial charge in [-0.2, -0.15) is 5.10 Å². The predicted molar refractivity (Wildman–Crippen MR) is 77.5 cm³/mol. The summed E-state index contributed by atoms with van der Waals surface area (Å²) in [6.07, 6.45) is 0.866. The van der Waals surface area contributed by atoms with Crippen molar-refractivity contribution in [2.24, 2.45) is 5.92 Å². The first kappa shape index (κ1) is 16.4. The Balaban J connectivity index is 2.22. The lowest BCUT2D eigenvalue weighted by Gasteiger charge is -2.19. The Hall–Kier alpha value is -0.960. The molecule has 0 radical (unpaired) electrons. The summed E-state index contributed by atoms with van der Waals surface area (Å²) in [5, 5.41) is 13.2. The number of hydrogen-bond donors (Lipinski definition) is 2. The topological polar surface area (TPSA) is 93.5 Å². The maximum Gasteiger partial charge on any atom is 0.244 e. The third kappa shape index (κ3) is 3.45. The van der Waals surface area contributed by atoms with Gasteiger partial charge in [-0.05, 0) is 27.2 Å². The second-order valence-electron chi connectivity index (χ2n) is 5.48. The summed E-state index contributed by atoms with van der Waals surface area (Å²) in [5.74, 6) is 0.202. The molecule has 2 rings (SSSR count). The van der Waals surface area contributed by atoms with Crippen molar-refractivity contribution in [3.8, 4) is 0 Å². The Morgan fingerprint density at radius 2 is 2.24 bits per heavy atom. The van der Waals surface area contributed by atoms with Crippen molar-refractivity contribution < 1.29 is 18.3 Å². The van der Waals surface area contributed by atoms with E-state index in [2.05, 4.69) is 9.82 Å². The van der Waals surface area contributed by atoms with Crippen LogP contribution in [0.25, 0.3) is 0 Å². The molecule has 0 spiro atoms. The molecular formula is C13H23N3O4S. The lowest BCUT2D eigenvalue weighted by molar-refractivity contribution is 0.180. The smallest absolute Gasteiger partial charge is 0.244 e. The average Bonchev–Trinajstić information content (AvgIpc) is 2.98. The van der Waals surface area contributed by atoms with Gasteiger partial charge >= 0.3 is 0 Å². The van der Waals surface area contributed by atoms with Crippen LogP contribution in [0.4, 0.5) is 0 Å². The molecule has 7 nitrogen and oxygen atoms in total. The van der Waals surface area contributed by atoms with Crippen LogP contribution in [0.15, 0.2) is 4.90 Å². The minimum Gasteiger partial charge on any atom is -0.394 e. The molecule has 2 heterocycles. The molecule has 2 N–H and O–H groups in total. The highest BCUT2D eigenvalue weighted by molar-refractivity contribution is 7.89. The Morgan fingerprint density at radius 3 is 2.81 bits per heavy atom. The van der Waals surface area contributed by atoms with Crippen molar-refractivity contribution in [3.63, 3.8) is 0 Å². The quantitative estimate of drug-likeness (QED) is 0.781. The third-order valence-corrected chi connectivity index (χ3v) is 5.72. The molecule has 1 aliphatic rings. The Labute approximate surface area is 125 Å². The highest BCUT2D eigenvalue weighted by Gasteiger charge is 2.30. The highest BCUT2D eigenvalue weighted by Crippen LogP contribution is 2.22. The number of aliphatic hydroxyl groups is 1. The average molecular weight is 317 g/mol. The van der Waals surface area contributed by atoms with Crippen LogP contribution in [0, 0.1) is 19.8 Å². The van der Waals surface area contributed by atoms with Crippen molar-refractivity contribution in [1.82, 2.24) is 14.5 Å². The Kier molecular flexibility index (Phi) is 5.03. The van der Waals surface area contributed by atoms with Crippen molar-refractivity contribution >= 4 is 10.0 Å². The molecule has 2 unspecified atom stereocenters. The van der Waals surface area contributed by atoms with Gasteiger partial charge in [0.2, 0.25) is 10.0 Å². The Bertz CT molecular complexity index is 591. The van der Waals surface area contributed by atoms with Crippen LogP contribution < -0.4 is 4.72 Å². The number of sulfonamides is 1. The maximum absolute atomic E-state index is 12.6. The number of aliphatic hydroxyl groups excluding tert-OH is 1. The highest BCUT2D eigenvalue weighted by atomic mass is 32.2. The number of rotatable bonds is 6. The largest absolute Gasteiger partial charge is 0.394 e. The van der Waals surface area contributed by atoms with Gasteiger partial charge in [-0.15, -0.1) is 0 Å². The van der Waals surface area contributed by atoms with E-state index in [0.717, 1.165) is 6.42 Å². The first-order valence-corrected chi connectivity index (χ1v) is 8.60. The van der Waals surface area contributed by atoms with Gasteiger partial charge in [-0.25, -0.2) is 13.1 Å². The van der Waals surface area contributed by atoms with E-state index in [1.54, 1.807) is 13.8 Å². The fourth-order valence-corrected chi connectivity index (χ4v) is 4.45. The predicted octanol–water partition coefficient (Wildman–Crippen LogP) is 0.196. The number of aromatic nitrogens is 2. The number of aryl methyl sites for hydroxylation is 1. The van der Waals surface area contributed by atoms with E-state index in [4.69, 9.17) is 9.84 Å². The van der Waals surface area contributed by atoms with Crippen molar-refractivity contribution in [3.05, 3.63) is 11.4 Å². The van der Waals surface area contributed by atoms with Gasteiger partial charge in [-0.1, -0.05) is 0 Å². The minimum atomic E-state index is -3.63. The van der Waals surface area contributed by atoms with Crippen LogP contribution in [0.2, 0.25) is 0 Å². The number of nitrogens with one attached hydrogen (secondary N) is 1. The molecule has 0 saturated carbocycles. The van der Waals surface area contributed by atoms with E-state index < -0.39 is 10.0 Å². The molecule has 1 aromatic rings. The van der Waals surface area contributed by atoms with E-state index >= 15 is 0 Å². The molecule has 1 saturated heterocycles. The minimum absolute atomic E-state index is 0.0787. The van der Waals surface area contributed by atoms with Gasteiger partial charge in [0, 0.05) is 18.6 Å². The van der Waals surface area contributed by atoms with Gasteiger partial charge in [0.15, 0.2) is 0 Å². The zero-order chi connectivity index (χ0) is 15.6. The van der Waals surface area contributed by atoms with Gasteiger partial charge in [0.05, 0.1) is 31.1 Å². The van der Waals surface area contributed by atoms with E-state index in [1.807, 2.05) is 6.92 Å². The molecule has 120 valence electrons. The second-order valence-corrected chi connectivity index (χ2v) is 7.13. The summed E-state index contributed by atoms with van der Waals surface area (Å²) in [5.41, 5.74) is 0.993. The van der Waals surface area contributed by atoms with Crippen LogP contribution >= 0.6 is 0 Å². The standard InChI is InChI=1S/C13H23N3O4S/c1-9(12-4-7-20-8-12)15-21(18,19)13-10(2)14-16(5-6-17)11(13)3/h9,12,15,17H,4-8H2,1-3H3. The fraction of sp³-hybridized carbons (Fsp3) is 0.769. The van der Waals surface area contributed by atoms with Gasteiger partial charge < -0.3 is 9.84 Å².